The van der Waals surface area contributed by atoms with Crippen LogP contribution in [0.4, 0.5) is 0 Å². The molecule has 3 N–H and O–H groups in total. The van der Waals surface area contributed by atoms with Crippen LogP contribution < -0.4 is 5.73 Å². The van der Waals surface area contributed by atoms with Crippen molar-refractivity contribution in [1.82, 2.24) is 4.31 Å². The number of aliphatic carboxylic acids is 1. The van der Waals surface area contributed by atoms with E-state index < -0.39 is 21.7 Å². The van der Waals surface area contributed by atoms with Crippen LogP contribution in [0.15, 0.2) is 0 Å². The van der Waals surface area contributed by atoms with Crippen molar-refractivity contribution in [3.63, 3.8) is 0 Å². The Bertz CT molecular complexity index is 383. The van der Waals surface area contributed by atoms with E-state index >= 15 is 0 Å². The maximum absolute atomic E-state index is 12.0. The molecule has 0 saturated heterocycles. The lowest BCUT2D eigenvalue weighted by molar-refractivity contribution is -0.134. The number of hydrogen-bond acceptors (Lipinski definition) is 4. The molecule has 0 spiro atoms. The molecule has 1 rings (SSSR count). The van der Waals surface area contributed by atoms with Crippen molar-refractivity contribution < 1.29 is 18.3 Å². The van der Waals surface area contributed by atoms with Crippen LogP contribution in [-0.4, -0.2) is 48.7 Å². The third-order valence-corrected chi connectivity index (χ3v) is 5.37. The highest BCUT2D eigenvalue weighted by molar-refractivity contribution is 7.89. The first-order valence-electron chi connectivity index (χ1n) is 6.33. The molecule has 7 heteroatoms. The van der Waals surface area contributed by atoms with Gasteiger partial charge in [0.15, 0.2) is 5.75 Å². The van der Waals surface area contributed by atoms with Crippen molar-refractivity contribution in [2.45, 2.75) is 38.6 Å². The number of nitrogens with zero attached hydrogens (tertiary/aromatic N) is 1. The van der Waals surface area contributed by atoms with E-state index in [9.17, 15) is 13.2 Å². The van der Waals surface area contributed by atoms with E-state index in [0.29, 0.717) is 13.1 Å². The van der Waals surface area contributed by atoms with Crippen molar-refractivity contribution >= 4 is 16.0 Å². The van der Waals surface area contributed by atoms with Gasteiger partial charge in [-0.15, -0.1) is 0 Å². The first kappa shape index (κ1) is 15.4. The van der Waals surface area contributed by atoms with Crippen molar-refractivity contribution in [2.24, 2.45) is 11.7 Å². The minimum atomic E-state index is -3.74. The van der Waals surface area contributed by atoms with E-state index in [0.717, 1.165) is 25.7 Å². The van der Waals surface area contributed by atoms with Crippen LogP contribution in [0.2, 0.25) is 0 Å². The van der Waals surface area contributed by atoms with Gasteiger partial charge in [0.05, 0.1) is 0 Å². The number of carboxylic acids is 1. The molecule has 18 heavy (non-hydrogen) atoms. The fourth-order valence-electron chi connectivity index (χ4n) is 2.72. The van der Waals surface area contributed by atoms with Gasteiger partial charge in [-0.25, -0.2) is 8.42 Å². The Labute approximate surface area is 108 Å². The smallest absolute Gasteiger partial charge is 0.320 e. The molecular weight excluding hydrogens is 256 g/mol. The SMILES string of the molecule is CCN(C1CCCCC1CN)S(=O)(=O)CC(=O)O. The molecule has 6 nitrogen and oxygen atoms in total. The highest BCUT2D eigenvalue weighted by Crippen LogP contribution is 2.29. The number of carbonyl (C=O) groups is 1. The lowest BCUT2D eigenvalue weighted by Crippen LogP contribution is -2.49. The van der Waals surface area contributed by atoms with Crippen LogP contribution in [0.3, 0.4) is 0 Å². The van der Waals surface area contributed by atoms with Gasteiger partial charge in [-0.1, -0.05) is 19.8 Å². The zero-order chi connectivity index (χ0) is 13.8. The first-order valence-corrected chi connectivity index (χ1v) is 7.94. The van der Waals surface area contributed by atoms with Gasteiger partial charge in [0.25, 0.3) is 0 Å². The summed E-state index contributed by atoms with van der Waals surface area (Å²) in [5.41, 5.74) is 5.69. The number of carboxylic acid groups (broad SMARTS) is 1. The topological polar surface area (TPSA) is 101 Å². The Kier molecular flexibility index (Phi) is 5.55. The second-order valence-electron chi connectivity index (χ2n) is 4.70. The molecule has 0 aromatic rings. The van der Waals surface area contributed by atoms with Crippen molar-refractivity contribution in [1.29, 1.82) is 0 Å². The highest BCUT2D eigenvalue weighted by atomic mass is 32.2. The fourth-order valence-corrected chi connectivity index (χ4v) is 4.28. The summed E-state index contributed by atoms with van der Waals surface area (Å²) >= 11 is 0. The number of hydrogen-bond donors (Lipinski definition) is 2. The molecular formula is C11H22N2O4S. The summed E-state index contributed by atoms with van der Waals surface area (Å²) in [6.45, 7) is 2.49. The summed E-state index contributed by atoms with van der Waals surface area (Å²) in [5, 5.41) is 8.68. The molecule has 1 aliphatic rings. The summed E-state index contributed by atoms with van der Waals surface area (Å²) in [6.07, 6.45) is 3.73. The molecule has 2 atom stereocenters. The van der Waals surface area contributed by atoms with E-state index in [1.165, 1.54) is 4.31 Å². The van der Waals surface area contributed by atoms with Gasteiger partial charge in [0.1, 0.15) is 0 Å². The molecule has 1 aliphatic carbocycles. The lowest BCUT2D eigenvalue weighted by atomic mass is 9.84. The summed E-state index contributed by atoms with van der Waals surface area (Å²) in [7, 11) is -3.74. The zero-order valence-electron chi connectivity index (χ0n) is 10.7. The molecule has 1 fully saturated rings. The molecule has 0 aliphatic heterocycles. The summed E-state index contributed by atoms with van der Waals surface area (Å²) in [6, 6.07) is -0.141. The van der Waals surface area contributed by atoms with Crippen molar-refractivity contribution in [3.8, 4) is 0 Å². The first-order chi connectivity index (χ1) is 8.42. The minimum absolute atomic E-state index is 0.141. The molecule has 106 valence electrons. The second-order valence-corrected chi connectivity index (χ2v) is 6.62. The Balaban J connectivity index is 2.90. The third kappa shape index (κ3) is 3.66. The average Bonchev–Trinajstić information content (AvgIpc) is 2.28. The lowest BCUT2D eigenvalue weighted by Gasteiger charge is -2.38. The summed E-state index contributed by atoms with van der Waals surface area (Å²) in [4.78, 5) is 10.6. The summed E-state index contributed by atoms with van der Waals surface area (Å²) < 4.78 is 25.4. The Morgan fingerprint density at radius 2 is 2.00 bits per heavy atom. The van der Waals surface area contributed by atoms with Gasteiger partial charge in [-0.2, -0.15) is 4.31 Å². The fraction of sp³-hybridized carbons (Fsp3) is 0.909. The van der Waals surface area contributed by atoms with Crippen LogP contribution in [0.5, 0.6) is 0 Å². The van der Waals surface area contributed by atoms with Gasteiger partial charge >= 0.3 is 5.97 Å². The molecule has 0 radical (unpaired) electrons. The molecule has 1 saturated carbocycles. The predicted molar refractivity (Wildman–Crippen MR) is 68.6 cm³/mol. The van der Waals surface area contributed by atoms with Crippen molar-refractivity contribution in [2.75, 3.05) is 18.8 Å². The van der Waals surface area contributed by atoms with E-state index in [1.807, 2.05) is 0 Å². The number of rotatable bonds is 6. The van der Waals surface area contributed by atoms with Gasteiger partial charge in [0.2, 0.25) is 10.0 Å². The van der Waals surface area contributed by atoms with E-state index in [1.54, 1.807) is 6.92 Å². The molecule has 2 unspecified atom stereocenters. The van der Waals surface area contributed by atoms with Gasteiger partial charge in [-0.3, -0.25) is 4.79 Å². The van der Waals surface area contributed by atoms with E-state index in [4.69, 9.17) is 10.8 Å². The monoisotopic (exact) mass is 278 g/mol. The van der Waals surface area contributed by atoms with Crippen LogP contribution in [-0.2, 0) is 14.8 Å². The Morgan fingerprint density at radius 1 is 1.39 bits per heavy atom. The van der Waals surface area contributed by atoms with Crippen molar-refractivity contribution in [3.05, 3.63) is 0 Å². The van der Waals surface area contributed by atoms with Gasteiger partial charge in [0, 0.05) is 12.6 Å². The van der Waals surface area contributed by atoms with Gasteiger partial charge in [-0.05, 0) is 25.3 Å². The Hall–Kier alpha value is -0.660. The third-order valence-electron chi connectivity index (χ3n) is 3.52. The molecule has 0 amide bonds. The van der Waals surface area contributed by atoms with Crippen LogP contribution >= 0.6 is 0 Å². The summed E-state index contributed by atoms with van der Waals surface area (Å²) in [5.74, 6) is -2.01. The zero-order valence-corrected chi connectivity index (χ0v) is 11.5. The predicted octanol–water partition coefficient (Wildman–Crippen LogP) is 0.240. The van der Waals surface area contributed by atoms with Crippen LogP contribution in [0.1, 0.15) is 32.6 Å². The van der Waals surface area contributed by atoms with E-state index in [2.05, 4.69) is 0 Å². The normalized spacial score (nSPS) is 25.3. The quantitative estimate of drug-likeness (QED) is 0.725. The van der Waals surface area contributed by atoms with Gasteiger partial charge < -0.3 is 10.8 Å². The van der Waals surface area contributed by atoms with E-state index in [-0.39, 0.29) is 12.0 Å². The highest BCUT2D eigenvalue weighted by Gasteiger charge is 2.36. The van der Waals surface area contributed by atoms with Crippen LogP contribution in [0.25, 0.3) is 0 Å². The average molecular weight is 278 g/mol. The minimum Gasteiger partial charge on any atom is -0.480 e. The second kappa shape index (κ2) is 6.49. The molecule has 0 bridgehead atoms. The number of nitrogens with two attached hydrogens (primary N) is 1. The largest absolute Gasteiger partial charge is 0.480 e. The standard InChI is InChI=1S/C11H22N2O4S/c1-2-13(18(16,17)8-11(14)15)10-6-4-3-5-9(10)7-12/h9-10H,2-8,12H2,1H3,(H,14,15). The maximum Gasteiger partial charge on any atom is 0.320 e. The molecule has 0 aromatic carbocycles. The molecule has 0 heterocycles. The maximum atomic E-state index is 12.0. The molecule has 0 aromatic heterocycles. The van der Waals surface area contributed by atoms with Crippen LogP contribution in [0, 0.1) is 5.92 Å². The number of sulfonamides is 1. The Morgan fingerprint density at radius 3 is 2.50 bits per heavy atom.